The van der Waals surface area contributed by atoms with Crippen LogP contribution in [0.2, 0.25) is 0 Å². The maximum Gasteiger partial charge on any atom is 0.0403 e. The van der Waals surface area contributed by atoms with E-state index in [0.29, 0.717) is 8.64 Å². The van der Waals surface area contributed by atoms with Gasteiger partial charge in [-0.3, -0.25) is 0 Å². The average molecular weight is 609 g/mol. The van der Waals surface area contributed by atoms with Crippen molar-refractivity contribution in [2.45, 2.75) is 52.4 Å². The number of aryl methyl sites for hydroxylation is 2. The Labute approximate surface area is 238 Å². The first kappa shape index (κ1) is 35.6. The number of hydrogen-bond acceptors (Lipinski definition) is 4. The van der Waals surface area contributed by atoms with Gasteiger partial charge in [-0.05, 0) is 48.9 Å². The molecule has 0 radical (unpaired) electrons. The number of para-hydroxylation sites is 2. The normalized spacial score (nSPS) is 8.84. The Balaban J connectivity index is -0.000000461. The van der Waals surface area contributed by atoms with Crippen molar-refractivity contribution in [3.63, 3.8) is 0 Å². The molecular formula is C22H28MoN2S6-6. The molecule has 0 atom stereocenters. The van der Waals surface area contributed by atoms with Crippen LogP contribution in [0.25, 0.3) is 0 Å². The minimum absolute atomic E-state index is 0. The Bertz CT molecular complexity index is 695. The molecule has 2 rings (SSSR count). The Kier molecular flexibility index (Phi) is 25.1. The first-order chi connectivity index (χ1) is 13.5. The maximum absolute atomic E-state index is 4.85. The Morgan fingerprint density at radius 1 is 0.710 bits per heavy atom. The molecule has 0 amide bonds. The SMILES string of the molecule is CCCCc1ccccc1NC(=S)[S-].CCCCc1ccccc1NC(=S)[S-].[Mo].[S-2].[S-2]. The second-order valence-corrected chi connectivity index (χ2v) is 8.50. The van der Waals surface area contributed by atoms with Gasteiger partial charge in [0, 0.05) is 32.4 Å². The van der Waals surface area contributed by atoms with Crippen molar-refractivity contribution in [3.8, 4) is 0 Å². The smallest absolute Gasteiger partial charge is 0.0403 e. The van der Waals surface area contributed by atoms with Gasteiger partial charge in [0.25, 0.3) is 0 Å². The second kappa shape index (κ2) is 21.9. The second-order valence-electron chi connectivity index (χ2n) is 6.35. The van der Waals surface area contributed by atoms with E-state index in [9.17, 15) is 0 Å². The minimum atomic E-state index is 0. The monoisotopic (exact) mass is 610 g/mol. The summed E-state index contributed by atoms with van der Waals surface area (Å²) in [4.78, 5) is 0. The molecule has 2 N–H and O–H groups in total. The number of thiocarbonyl (C=S) groups is 2. The third-order valence-corrected chi connectivity index (χ3v) is 4.52. The van der Waals surface area contributed by atoms with E-state index >= 15 is 0 Å². The van der Waals surface area contributed by atoms with Gasteiger partial charge >= 0.3 is 0 Å². The zero-order valence-electron chi connectivity index (χ0n) is 17.7. The van der Waals surface area contributed by atoms with Gasteiger partial charge in [-0.1, -0.05) is 71.7 Å². The van der Waals surface area contributed by atoms with E-state index in [1.807, 2.05) is 36.4 Å². The van der Waals surface area contributed by atoms with Crippen molar-refractivity contribution in [2.75, 3.05) is 10.6 Å². The van der Waals surface area contributed by atoms with Gasteiger partial charge in [-0.25, -0.2) is 0 Å². The molecule has 0 aliphatic rings. The van der Waals surface area contributed by atoms with Gasteiger partial charge in [0.2, 0.25) is 0 Å². The van der Waals surface area contributed by atoms with E-state index in [-0.39, 0.29) is 48.1 Å². The van der Waals surface area contributed by atoms with Crippen LogP contribution >= 0.6 is 24.4 Å². The average Bonchev–Trinajstić information content (AvgIpc) is 2.66. The first-order valence-electron chi connectivity index (χ1n) is 9.59. The predicted octanol–water partition coefficient (Wildman–Crippen LogP) is 6.54. The molecule has 174 valence electrons. The maximum atomic E-state index is 4.85. The van der Waals surface area contributed by atoms with E-state index in [4.69, 9.17) is 49.7 Å². The van der Waals surface area contributed by atoms with Crippen LogP contribution in [0.15, 0.2) is 48.5 Å². The molecule has 2 aromatic carbocycles. The van der Waals surface area contributed by atoms with Crippen molar-refractivity contribution >= 4 is 96.7 Å². The summed E-state index contributed by atoms with van der Waals surface area (Å²) in [6.07, 6.45) is 6.96. The van der Waals surface area contributed by atoms with Gasteiger partial charge in [-0.15, -0.1) is 0 Å². The van der Waals surface area contributed by atoms with Gasteiger partial charge < -0.3 is 87.3 Å². The summed E-state index contributed by atoms with van der Waals surface area (Å²) in [7, 11) is 0. The molecule has 0 bridgehead atoms. The summed E-state index contributed by atoms with van der Waals surface area (Å²) < 4.78 is 0.822. The standard InChI is InChI=1S/2C11H15NS2.Mo.2S/c2*1-2-3-6-9-7-4-5-8-10(9)12-11(13)14;;;/h2*4-5,7-8H,2-3,6H2,1H3,(H2,12,13,14);;;/q;;;2*-2/p-2. The molecule has 31 heavy (non-hydrogen) atoms. The molecule has 0 saturated heterocycles. The Morgan fingerprint density at radius 3 is 1.32 bits per heavy atom. The Hall–Kier alpha value is 0.0483. The van der Waals surface area contributed by atoms with Crippen LogP contribution in [0.1, 0.15) is 50.7 Å². The summed E-state index contributed by atoms with van der Waals surface area (Å²) in [5, 5.41) is 6.06. The number of anilines is 2. The van der Waals surface area contributed by atoms with Gasteiger partial charge in [0.05, 0.1) is 0 Å². The number of unbranched alkanes of at least 4 members (excludes halogenated alkanes) is 2. The first-order valence-corrected chi connectivity index (χ1v) is 11.2. The van der Waals surface area contributed by atoms with Crippen molar-refractivity contribution < 1.29 is 21.1 Å². The van der Waals surface area contributed by atoms with Crippen LogP contribution < -0.4 is 10.6 Å². The van der Waals surface area contributed by atoms with Crippen LogP contribution in [-0.2, 0) is 86.2 Å². The van der Waals surface area contributed by atoms with E-state index in [0.717, 1.165) is 24.2 Å². The molecule has 0 spiro atoms. The minimum Gasteiger partial charge on any atom is -2.00 e. The zero-order chi connectivity index (χ0) is 20.8. The number of benzene rings is 2. The number of nitrogens with one attached hydrogen (secondary N) is 2. The van der Waals surface area contributed by atoms with E-state index in [1.54, 1.807) is 0 Å². The van der Waals surface area contributed by atoms with Crippen molar-refractivity contribution in [2.24, 2.45) is 0 Å². The van der Waals surface area contributed by atoms with Crippen LogP contribution in [0.3, 0.4) is 0 Å². The summed E-state index contributed by atoms with van der Waals surface area (Å²) in [6, 6.07) is 16.3. The third kappa shape index (κ3) is 16.3. The summed E-state index contributed by atoms with van der Waals surface area (Å²) in [5.41, 5.74) is 4.70. The van der Waals surface area contributed by atoms with E-state index in [2.05, 4.69) is 36.6 Å². The molecule has 0 fully saturated rings. The van der Waals surface area contributed by atoms with Crippen LogP contribution in [0, 0.1) is 0 Å². The van der Waals surface area contributed by atoms with Gasteiger partial charge in [0.1, 0.15) is 0 Å². The van der Waals surface area contributed by atoms with E-state index < -0.39 is 0 Å². The number of hydrogen-bond donors (Lipinski definition) is 2. The molecule has 2 nitrogen and oxygen atoms in total. The van der Waals surface area contributed by atoms with Crippen molar-refractivity contribution in [1.29, 1.82) is 0 Å². The predicted molar refractivity (Wildman–Crippen MR) is 152 cm³/mol. The summed E-state index contributed by atoms with van der Waals surface area (Å²) >= 11 is 19.4. The topological polar surface area (TPSA) is 24.1 Å². The van der Waals surface area contributed by atoms with Gasteiger partial charge in [-0.2, -0.15) is 0 Å². The quantitative estimate of drug-likeness (QED) is 0.201. The summed E-state index contributed by atoms with van der Waals surface area (Å²) in [5.74, 6) is 0. The molecule has 0 aliphatic carbocycles. The van der Waals surface area contributed by atoms with Crippen molar-refractivity contribution in [1.82, 2.24) is 0 Å². The van der Waals surface area contributed by atoms with Crippen LogP contribution in [0.5, 0.6) is 0 Å². The van der Waals surface area contributed by atoms with Crippen LogP contribution in [-0.4, -0.2) is 8.64 Å². The largest absolute Gasteiger partial charge is 2.00 e. The fraction of sp³-hybridized carbons (Fsp3) is 0.364. The summed E-state index contributed by atoms with van der Waals surface area (Å²) in [6.45, 7) is 4.38. The molecule has 0 aliphatic heterocycles. The van der Waals surface area contributed by atoms with Gasteiger partial charge in [0.15, 0.2) is 0 Å². The molecule has 0 heterocycles. The third-order valence-electron chi connectivity index (χ3n) is 4.11. The molecular weight excluding hydrogens is 581 g/mol. The Morgan fingerprint density at radius 2 is 1.03 bits per heavy atom. The fourth-order valence-corrected chi connectivity index (χ4v) is 3.11. The molecule has 9 heteroatoms. The molecule has 0 aromatic heterocycles. The molecule has 2 aromatic rings. The molecule has 0 saturated carbocycles. The van der Waals surface area contributed by atoms with E-state index in [1.165, 1.54) is 36.8 Å². The fourth-order valence-electron chi connectivity index (χ4n) is 2.67. The van der Waals surface area contributed by atoms with Crippen molar-refractivity contribution in [3.05, 3.63) is 59.7 Å². The number of rotatable bonds is 8. The zero-order valence-corrected chi connectivity index (χ0v) is 24.6. The van der Waals surface area contributed by atoms with Crippen LogP contribution in [0.4, 0.5) is 11.4 Å². The molecule has 0 unspecified atom stereocenters.